The second kappa shape index (κ2) is 10.3. The molecule has 1 aliphatic carbocycles. The van der Waals surface area contributed by atoms with Gasteiger partial charge >= 0.3 is 0 Å². The Morgan fingerprint density at radius 1 is 1.11 bits per heavy atom. The molecular formula is C25H25F3N4O2S. The van der Waals surface area contributed by atoms with Gasteiger partial charge in [-0.3, -0.25) is 9.78 Å². The first-order valence-electron chi connectivity index (χ1n) is 11.1. The van der Waals surface area contributed by atoms with Gasteiger partial charge in [0.2, 0.25) is 0 Å². The van der Waals surface area contributed by atoms with Crippen LogP contribution in [0.15, 0.2) is 47.6 Å². The van der Waals surface area contributed by atoms with Crippen molar-refractivity contribution in [2.24, 2.45) is 11.7 Å². The molecule has 1 fully saturated rings. The van der Waals surface area contributed by atoms with Gasteiger partial charge < -0.3 is 15.6 Å². The van der Waals surface area contributed by atoms with Gasteiger partial charge in [-0.1, -0.05) is 6.92 Å². The van der Waals surface area contributed by atoms with Crippen molar-refractivity contribution >= 4 is 22.8 Å². The number of benzene rings is 1. The Bertz CT molecular complexity index is 1220. The van der Waals surface area contributed by atoms with E-state index in [1.54, 1.807) is 6.20 Å². The van der Waals surface area contributed by atoms with Crippen LogP contribution in [-0.2, 0) is 11.2 Å². The zero-order valence-corrected chi connectivity index (χ0v) is 20.0. The first-order chi connectivity index (χ1) is 16.6. The summed E-state index contributed by atoms with van der Waals surface area (Å²) < 4.78 is 55.4. The maximum atomic E-state index is 14.6. The van der Waals surface area contributed by atoms with Crippen LogP contribution < -0.4 is 11.1 Å². The van der Waals surface area contributed by atoms with E-state index in [0.29, 0.717) is 11.6 Å². The summed E-state index contributed by atoms with van der Waals surface area (Å²) in [5.41, 5.74) is 5.95. The lowest BCUT2D eigenvalue weighted by molar-refractivity contribution is 0.102. The van der Waals surface area contributed by atoms with Crippen molar-refractivity contribution < 1.29 is 22.5 Å². The van der Waals surface area contributed by atoms with E-state index in [1.807, 2.05) is 6.07 Å². The fourth-order valence-electron chi connectivity index (χ4n) is 4.65. The second-order valence-electron chi connectivity index (χ2n) is 8.93. The second-order valence-corrected chi connectivity index (χ2v) is 10.3. The highest BCUT2D eigenvalue weighted by Crippen LogP contribution is 2.38. The molecule has 35 heavy (non-hydrogen) atoms. The molecule has 1 unspecified atom stereocenters. The first-order valence-corrected chi connectivity index (χ1v) is 12.7. The molecule has 1 aliphatic rings. The molecule has 0 radical (unpaired) electrons. The quantitative estimate of drug-likeness (QED) is 0.489. The minimum absolute atomic E-state index is 0.0584. The Hall–Kier alpha value is -2.95. The van der Waals surface area contributed by atoms with E-state index in [0.717, 1.165) is 49.1 Å². The van der Waals surface area contributed by atoms with Crippen LogP contribution in [0.2, 0.25) is 0 Å². The van der Waals surface area contributed by atoms with Crippen molar-refractivity contribution in [2.75, 3.05) is 11.6 Å². The van der Waals surface area contributed by atoms with Crippen LogP contribution in [0.25, 0.3) is 11.3 Å². The standard InChI is InChI=1S/C25H25F3N4O2S/c1-13-7-14(9-15(29)8-13)17-5-6-30-12-22(17)32-25(33)21-4-3-18(26)24(31-21)23-19(27)10-16(35(2)34)11-20(23)28/h3-6,10-15H,7-9,29H2,1-2H3,(H,32,33)/t13-,14+,15-,35?/m0/s1. The fraction of sp³-hybridized carbons (Fsp3) is 0.320. The molecule has 3 aromatic rings. The molecule has 0 aliphatic heterocycles. The lowest BCUT2D eigenvalue weighted by Crippen LogP contribution is -2.31. The Morgan fingerprint density at radius 3 is 2.49 bits per heavy atom. The van der Waals surface area contributed by atoms with Gasteiger partial charge in [0.05, 0.1) is 17.4 Å². The molecule has 1 aromatic carbocycles. The number of amides is 1. The summed E-state index contributed by atoms with van der Waals surface area (Å²) in [6.07, 6.45) is 7.05. The molecule has 0 saturated heterocycles. The number of anilines is 1. The average Bonchev–Trinajstić information content (AvgIpc) is 2.79. The number of hydrogen-bond donors (Lipinski definition) is 2. The number of nitrogens with zero attached hydrogens (tertiary/aromatic N) is 2. The summed E-state index contributed by atoms with van der Waals surface area (Å²) in [5, 5.41) is 2.75. The third kappa shape index (κ3) is 5.50. The van der Waals surface area contributed by atoms with E-state index in [-0.39, 0.29) is 22.5 Å². The highest BCUT2D eigenvalue weighted by atomic mass is 32.2. The molecule has 184 valence electrons. The van der Waals surface area contributed by atoms with Crippen LogP contribution in [0.1, 0.15) is 48.2 Å². The monoisotopic (exact) mass is 502 g/mol. The van der Waals surface area contributed by atoms with E-state index >= 15 is 0 Å². The summed E-state index contributed by atoms with van der Waals surface area (Å²) in [4.78, 5) is 20.9. The van der Waals surface area contributed by atoms with Crippen molar-refractivity contribution in [1.82, 2.24) is 9.97 Å². The van der Waals surface area contributed by atoms with E-state index < -0.39 is 45.8 Å². The molecule has 2 heterocycles. The molecule has 6 nitrogen and oxygen atoms in total. The molecule has 1 saturated carbocycles. The smallest absolute Gasteiger partial charge is 0.274 e. The topological polar surface area (TPSA) is 104 Å². The van der Waals surface area contributed by atoms with Gasteiger partial charge in [-0.2, -0.15) is 0 Å². The number of hydrogen-bond acceptors (Lipinski definition) is 5. The number of nitrogens with two attached hydrogens (primary N) is 1. The highest BCUT2D eigenvalue weighted by Gasteiger charge is 2.28. The Kier molecular flexibility index (Phi) is 7.44. The van der Waals surface area contributed by atoms with Gasteiger partial charge in [-0.15, -0.1) is 0 Å². The lowest BCUT2D eigenvalue weighted by Gasteiger charge is -2.32. The van der Waals surface area contributed by atoms with Crippen LogP contribution in [-0.4, -0.2) is 32.7 Å². The third-order valence-electron chi connectivity index (χ3n) is 6.19. The van der Waals surface area contributed by atoms with E-state index in [4.69, 9.17) is 5.73 Å². The largest absolute Gasteiger partial charge is 0.612 e. The molecule has 10 heteroatoms. The fourth-order valence-corrected chi connectivity index (χ4v) is 5.19. The van der Waals surface area contributed by atoms with Crippen LogP contribution in [0.4, 0.5) is 18.9 Å². The molecule has 1 amide bonds. The Balaban J connectivity index is 1.64. The zero-order chi connectivity index (χ0) is 25.3. The molecule has 4 rings (SSSR count). The van der Waals surface area contributed by atoms with Crippen molar-refractivity contribution in [1.29, 1.82) is 0 Å². The number of nitrogens with one attached hydrogen (secondary N) is 1. The minimum Gasteiger partial charge on any atom is -0.612 e. The van der Waals surface area contributed by atoms with Gasteiger partial charge in [0.25, 0.3) is 5.91 Å². The SMILES string of the molecule is C[C@@H]1C[C@H](N)C[C@H](c2ccncc2NC(=O)c2ccc(F)c(-c3c(F)cc([S+](C)[O-])cc3F)n2)C1. The number of rotatable bonds is 5. The number of pyridine rings is 2. The molecular weight excluding hydrogens is 477 g/mol. The zero-order valence-electron chi connectivity index (χ0n) is 19.2. The molecule has 4 atom stereocenters. The molecule has 2 aromatic heterocycles. The van der Waals surface area contributed by atoms with E-state index in [9.17, 15) is 22.5 Å². The van der Waals surface area contributed by atoms with Crippen LogP contribution in [0.3, 0.4) is 0 Å². The first kappa shape index (κ1) is 25.2. The summed E-state index contributed by atoms with van der Waals surface area (Å²) in [6, 6.07) is 5.67. The number of carbonyl (C=O) groups excluding carboxylic acids is 1. The maximum absolute atomic E-state index is 14.6. The van der Waals surface area contributed by atoms with Crippen LogP contribution >= 0.6 is 0 Å². The lowest BCUT2D eigenvalue weighted by atomic mass is 9.76. The van der Waals surface area contributed by atoms with Crippen LogP contribution in [0, 0.1) is 23.4 Å². The van der Waals surface area contributed by atoms with Gasteiger partial charge in [0.15, 0.2) is 4.90 Å². The summed E-state index contributed by atoms with van der Waals surface area (Å²) in [5.74, 6) is -3.37. The maximum Gasteiger partial charge on any atom is 0.274 e. The average molecular weight is 503 g/mol. The minimum atomic E-state index is -1.64. The van der Waals surface area contributed by atoms with Gasteiger partial charge in [0.1, 0.15) is 35.1 Å². The highest BCUT2D eigenvalue weighted by molar-refractivity contribution is 7.90. The van der Waals surface area contributed by atoms with E-state index in [2.05, 4.69) is 22.2 Å². The molecule has 3 N–H and O–H groups in total. The van der Waals surface area contributed by atoms with Gasteiger partial charge in [-0.25, -0.2) is 18.2 Å². The summed E-state index contributed by atoms with van der Waals surface area (Å²) >= 11 is -1.64. The number of carbonyl (C=O) groups is 1. The van der Waals surface area contributed by atoms with Crippen molar-refractivity contribution in [3.8, 4) is 11.3 Å². The van der Waals surface area contributed by atoms with Crippen LogP contribution in [0.5, 0.6) is 0 Å². The number of aromatic nitrogens is 2. The summed E-state index contributed by atoms with van der Waals surface area (Å²) in [6.45, 7) is 2.14. The number of halogens is 3. The van der Waals surface area contributed by atoms with E-state index in [1.165, 1.54) is 12.5 Å². The predicted octanol–water partition coefficient (Wildman–Crippen LogP) is 4.78. The Labute approximate surface area is 204 Å². The Morgan fingerprint density at radius 2 is 1.83 bits per heavy atom. The molecule has 0 spiro atoms. The summed E-state index contributed by atoms with van der Waals surface area (Å²) in [7, 11) is 0. The molecule has 0 bridgehead atoms. The third-order valence-corrected chi connectivity index (χ3v) is 7.08. The van der Waals surface area contributed by atoms with Crippen molar-refractivity contribution in [3.05, 3.63) is 71.4 Å². The predicted molar refractivity (Wildman–Crippen MR) is 128 cm³/mol. The van der Waals surface area contributed by atoms with Gasteiger partial charge in [0, 0.05) is 24.4 Å². The normalized spacial score (nSPS) is 20.9. The van der Waals surface area contributed by atoms with Crippen molar-refractivity contribution in [3.63, 3.8) is 0 Å². The van der Waals surface area contributed by atoms with Gasteiger partial charge in [-0.05, 0) is 66.0 Å². The van der Waals surface area contributed by atoms with Crippen molar-refractivity contribution in [2.45, 2.75) is 43.0 Å².